The highest BCUT2D eigenvalue weighted by molar-refractivity contribution is 6.40. The van der Waals surface area contributed by atoms with Gasteiger partial charge in [0, 0.05) is 4.91 Å². The van der Waals surface area contributed by atoms with E-state index in [4.69, 9.17) is 33.5 Å². The first-order valence-electron chi connectivity index (χ1n) is 8.78. The van der Waals surface area contributed by atoms with Gasteiger partial charge in [0.05, 0.1) is 28.5 Å². The highest BCUT2D eigenvalue weighted by Crippen LogP contribution is 2.40. The third-order valence-electron chi connectivity index (χ3n) is 4.18. The smallest absolute Gasteiger partial charge is 0.337 e. The number of hydrogen-bond donors (Lipinski definition) is 2. The average Bonchev–Trinajstić information content (AvgIpc) is 2.75. The maximum atomic E-state index is 11.6. The predicted molar refractivity (Wildman–Crippen MR) is 117 cm³/mol. The predicted octanol–water partition coefficient (Wildman–Crippen LogP) is 6.82. The fourth-order valence-corrected chi connectivity index (χ4v) is 3.24. The summed E-state index contributed by atoms with van der Waals surface area (Å²) in [7, 11) is 0. The zero-order valence-corrected chi connectivity index (χ0v) is 17.1. The summed E-state index contributed by atoms with van der Waals surface area (Å²) in [6.45, 7) is 0.385. The Morgan fingerprint density at radius 1 is 1.10 bits per heavy atom. The summed E-state index contributed by atoms with van der Waals surface area (Å²) in [5, 5.41) is 16.5. The molecule has 0 aliphatic rings. The summed E-state index contributed by atoms with van der Waals surface area (Å²) >= 11 is 12.8. The van der Waals surface area contributed by atoms with Crippen LogP contribution in [-0.2, 0) is 13.2 Å². The number of halogens is 2. The number of aromatic carboxylic acids is 1. The summed E-state index contributed by atoms with van der Waals surface area (Å²) in [6, 6.07) is 17.4. The van der Waals surface area contributed by atoms with Gasteiger partial charge in [-0.1, -0.05) is 64.7 Å². The zero-order valence-electron chi connectivity index (χ0n) is 15.5. The molecule has 3 rings (SSSR count). The maximum absolute atomic E-state index is 11.6. The van der Waals surface area contributed by atoms with E-state index in [1.807, 2.05) is 30.3 Å². The van der Waals surface area contributed by atoms with E-state index < -0.39 is 5.97 Å². The number of carbonyl (C=O) groups is 1. The first kappa shape index (κ1) is 21.3. The van der Waals surface area contributed by atoms with E-state index in [1.165, 1.54) is 6.07 Å². The molecule has 0 saturated heterocycles. The molecule has 0 atom stereocenters. The second kappa shape index (κ2) is 9.89. The molecule has 2 N–H and O–H groups in total. The van der Waals surface area contributed by atoms with Gasteiger partial charge in [-0.15, -0.1) is 0 Å². The number of carboxylic acids is 1. The second-order valence-corrected chi connectivity index (χ2v) is 6.99. The maximum Gasteiger partial charge on any atom is 0.337 e. The average molecular weight is 443 g/mol. The lowest BCUT2D eigenvalue weighted by Crippen LogP contribution is -2.05. The molecule has 3 aromatic rings. The third kappa shape index (κ3) is 5.15. The van der Waals surface area contributed by atoms with E-state index in [1.54, 1.807) is 24.3 Å². The van der Waals surface area contributed by atoms with E-state index in [0.29, 0.717) is 28.6 Å². The zero-order chi connectivity index (χ0) is 21.5. The van der Waals surface area contributed by atoms with Crippen LogP contribution in [0.25, 0.3) is 10.4 Å². The van der Waals surface area contributed by atoms with Gasteiger partial charge in [0.2, 0.25) is 0 Å². The topological polar surface area (TPSA) is 107 Å². The molecule has 0 radical (unpaired) electrons. The van der Waals surface area contributed by atoms with Gasteiger partial charge in [-0.25, -0.2) is 4.79 Å². The molecule has 9 heteroatoms. The Labute approximate surface area is 182 Å². The van der Waals surface area contributed by atoms with Crippen molar-refractivity contribution in [1.82, 2.24) is 0 Å². The number of rotatable bonds is 8. The van der Waals surface area contributed by atoms with E-state index in [9.17, 15) is 9.90 Å². The number of hydrogen-bond acceptors (Lipinski definition) is 4. The Balaban J connectivity index is 1.92. The fourth-order valence-electron chi connectivity index (χ4n) is 2.72. The Morgan fingerprint density at radius 2 is 1.87 bits per heavy atom. The van der Waals surface area contributed by atoms with Crippen LogP contribution in [0.5, 0.6) is 5.75 Å². The van der Waals surface area contributed by atoms with Crippen molar-refractivity contribution in [2.75, 3.05) is 5.32 Å². The van der Waals surface area contributed by atoms with Crippen LogP contribution in [0, 0.1) is 0 Å². The van der Waals surface area contributed by atoms with Gasteiger partial charge in [0.25, 0.3) is 0 Å². The molecule has 0 aliphatic carbocycles. The highest BCUT2D eigenvalue weighted by atomic mass is 35.5. The SMILES string of the molecule is [N-]=[N+]=NCc1ccc(C(=O)O)c(Nc2c(Cl)ccc(OCc3ccccc3)c2Cl)c1. The fraction of sp³-hybridized carbons (Fsp3) is 0.0952. The molecule has 0 aromatic heterocycles. The van der Waals surface area contributed by atoms with Crippen molar-refractivity contribution in [1.29, 1.82) is 0 Å². The van der Waals surface area contributed by atoms with Gasteiger partial charge < -0.3 is 15.2 Å². The molecule has 0 fully saturated rings. The van der Waals surface area contributed by atoms with E-state index in [-0.39, 0.29) is 22.8 Å². The minimum atomic E-state index is -1.13. The van der Waals surface area contributed by atoms with Gasteiger partial charge in [-0.2, -0.15) is 0 Å². The van der Waals surface area contributed by atoms with Gasteiger partial charge >= 0.3 is 5.97 Å². The Morgan fingerprint density at radius 3 is 2.57 bits per heavy atom. The summed E-state index contributed by atoms with van der Waals surface area (Å²) in [5.74, 6) is -0.730. The van der Waals surface area contributed by atoms with Crippen molar-refractivity contribution in [2.24, 2.45) is 5.11 Å². The van der Waals surface area contributed by atoms with Crippen molar-refractivity contribution in [3.8, 4) is 5.75 Å². The van der Waals surface area contributed by atoms with Crippen molar-refractivity contribution in [3.05, 3.63) is 97.8 Å². The summed E-state index contributed by atoms with van der Waals surface area (Å²) < 4.78 is 5.81. The third-order valence-corrected chi connectivity index (χ3v) is 4.87. The second-order valence-electron chi connectivity index (χ2n) is 6.21. The van der Waals surface area contributed by atoms with Crippen molar-refractivity contribution in [3.63, 3.8) is 0 Å². The van der Waals surface area contributed by atoms with Crippen LogP contribution in [0.1, 0.15) is 21.5 Å². The first-order valence-corrected chi connectivity index (χ1v) is 9.54. The molecule has 30 heavy (non-hydrogen) atoms. The lowest BCUT2D eigenvalue weighted by atomic mass is 10.1. The molecule has 0 heterocycles. The van der Waals surface area contributed by atoms with E-state index >= 15 is 0 Å². The Hall–Kier alpha value is -3.38. The van der Waals surface area contributed by atoms with Crippen molar-refractivity contribution >= 4 is 40.5 Å². The van der Waals surface area contributed by atoms with Crippen LogP contribution in [0.15, 0.2) is 65.8 Å². The molecule has 3 aromatic carbocycles. The molecule has 0 spiro atoms. The van der Waals surface area contributed by atoms with Crippen molar-refractivity contribution in [2.45, 2.75) is 13.2 Å². The molecular weight excluding hydrogens is 427 g/mol. The molecule has 0 saturated carbocycles. The summed E-state index contributed by atoms with van der Waals surface area (Å²) in [6.07, 6.45) is 0. The molecular formula is C21H16Cl2N4O3. The monoisotopic (exact) mass is 442 g/mol. The minimum Gasteiger partial charge on any atom is -0.487 e. The van der Waals surface area contributed by atoms with Crippen molar-refractivity contribution < 1.29 is 14.6 Å². The quantitative estimate of drug-likeness (QED) is 0.226. The largest absolute Gasteiger partial charge is 0.487 e. The number of nitrogens with zero attached hydrogens (tertiary/aromatic N) is 3. The van der Waals surface area contributed by atoms with Gasteiger partial charge in [-0.3, -0.25) is 0 Å². The van der Waals surface area contributed by atoms with Crippen LogP contribution in [0.2, 0.25) is 10.0 Å². The van der Waals surface area contributed by atoms with Crippen LogP contribution < -0.4 is 10.1 Å². The number of nitrogens with one attached hydrogen (secondary N) is 1. The first-order chi connectivity index (χ1) is 14.5. The van der Waals surface area contributed by atoms with Crippen LogP contribution >= 0.6 is 23.2 Å². The summed E-state index contributed by atoms with van der Waals surface area (Å²) in [5.41, 5.74) is 10.7. The molecule has 0 aliphatic heterocycles. The molecule has 0 unspecified atom stereocenters. The van der Waals surface area contributed by atoms with Gasteiger partial charge in [0.1, 0.15) is 17.4 Å². The van der Waals surface area contributed by atoms with Gasteiger partial charge in [-0.05, 0) is 40.9 Å². The molecule has 0 bridgehead atoms. The van der Waals surface area contributed by atoms with Crippen LogP contribution in [0.4, 0.5) is 11.4 Å². The van der Waals surface area contributed by atoms with E-state index in [2.05, 4.69) is 15.3 Å². The summed E-state index contributed by atoms with van der Waals surface area (Å²) in [4.78, 5) is 14.3. The lowest BCUT2D eigenvalue weighted by molar-refractivity contribution is 0.0698. The normalized spacial score (nSPS) is 10.2. The van der Waals surface area contributed by atoms with E-state index in [0.717, 1.165) is 5.56 Å². The number of carboxylic acid groups (broad SMARTS) is 1. The molecule has 7 nitrogen and oxygen atoms in total. The standard InChI is InChI=1S/C21H16Cl2N4O3/c22-16-8-9-18(30-12-13-4-2-1-3-5-13)19(23)20(16)26-17-10-14(11-25-27-24)6-7-15(17)21(28)29/h1-10,26H,11-12H2,(H,28,29). The van der Waals surface area contributed by atoms with Crippen LogP contribution in [0.3, 0.4) is 0 Å². The number of benzene rings is 3. The molecule has 0 amide bonds. The number of ether oxygens (including phenoxy) is 1. The number of anilines is 2. The Kier molecular flexibility index (Phi) is 7.03. The number of azide groups is 1. The van der Waals surface area contributed by atoms with Gasteiger partial charge in [0.15, 0.2) is 0 Å². The minimum absolute atomic E-state index is 0.0161. The lowest BCUT2D eigenvalue weighted by Gasteiger charge is -2.16. The van der Waals surface area contributed by atoms with Crippen LogP contribution in [-0.4, -0.2) is 11.1 Å². The highest BCUT2D eigenvalue weighted by Gasteiger charge is 2.17. The Bertz CT molecular complexity index is 1120. The molecule has 152 valence electrons.